The molecule has 1 aliphatic heterocycles. The van der Waals surface area contributed by atoms with Gasteiger partial charge in [0.15, 0.2) is 0 Å². The summed E-state index contributed by atoms with van der Waals surface area (Å²) in [6, 6.07) is 0.293. The molecule has 0 unspecified atom stereocenters. The fourth-order valence-corrected chi connectivity index (χ4v) is 2.84. The van der Waals surface area contributed by atoms with Crippen molar-refractivity contribution in [1.82, 2.24) is 24.9 Å². The molecule has 0 radical (unpaired) electrons. The second-order valence-electron chi connectivity index (χ2n) is 5.97. The van der Waals surface area contributed by atoms with Crippen LogP contribution >= 0.6 is 0 Å². The number of anilines is 1. The van der Waals surface area contributed by atoms with E-state index in [2.05, 4.69) is 34.5 Å². The fraction of sp³-hybridized carbons (Fsp3) is 0.533. The second kappa shape index (κ2) is 6.21. The van der Waals surface area contributed by atoms with Gasteiger partial charge in [0.25, 0.3) is 0 Å². The van der Waals surface area contributed by atoms with Crippen molar-refractivity contribution in [3.63, 3.8) is 0 Å². The van der Waals surface area contributed by atoms with E-state index < -0.39 is 0 Å². The number of aromatic amines is 1. The van der Waals surface area contributed by atoms with Gasteiger partial charge in [0.1, 0.15) is 0 Å². The molecule has 1 atom stereocenters. The van der Waals surface area contributed by atoms with Crippen LogP contribution in [-0.2, 0) is 0 Å². The van der Waals surface area contributed by atoms with Crippen LogP contribution in [0, 0.1) is 0 Å². The SMILES string of the molecule is CC(C)n1cc(NC(=O)N2CCCC[C@H]2c2cn[nH]c2)cn1. The number of urea groups is 1. The first-order valence-corrected chi connectivity index (χ1v) is 7.75. The minimum Gasteiger partial charge on any atom is -0.317 e. The summed E-state index contributed by atoms with van der Waals surface area (Å²) in [5, 5.41) is 14.0. The van der Waals surface area contributed by atoms with Crippen LogP contribution in [0.25, 0.3) is 0 Å². The van der Waals surface area contributed by atoms with Crippen molar-refractivity contribution in [3.05, 3.63) is 30.4 Å². The van der Waals surface area contributed by atoms with E-state index >= 15 is 0 Å². The molecule has 0 aliphatic carbocycles. The van der Waals surface area contributed by atoms with Crippen LogP contribution in [0.1, 0.15) is 50.8 Å². The van der Waals surface area contributed by atoms with Gasteiger partial charge in [-0.2, -0.15) is 10.2 Å². The van der Waals surface area contributed by atoms with E-state index in [0.29, 0.717) is 0 Å². The first kappa shape index (κ1) is 14.6. The van der Waals surface area contributed by atoms with E-state index in [-0.39, 0.29) is 18.1 Å². The minimum atomic E-state index is -0.0748. The molecule has 0 saturated carbocycles. The Hall–Kier alpha value is -2.31. The van der Waals surface area contributed by atoms with Crippen molar-refractivity contribution >= 4 is 11.7 Å². The lowest BCUT2D eigenvalue weighted by Gasteiger charge is -2.35. The largest absolute Gasteiger partial charge is 0.322 e. The summed E-state index contributed by atoms with van der Waals surface area (Å²) in [5.41, 5.74) is 1.79. The highest BCUT2D eigenvalue weighted by atomic mass is 16.2. The zero-order chi connectivity index (χ0) is 15.5. The van der Waals surface area contributed by atoms with Crippen molar-refractivity contribution in [2.24, 2.45) is 0 Å². The number of amides is 2. The van der Waals surface area contributed by atoms with Crippen LogP contribution in [0.2, 0.25) is 0 Å². The molecular formula is C15H22N6O. The molecule has 0 aromatic carbocycles. The van der Waals surface area contributed by atoms with Crippen LogP contribution in [0.5, 0.6) is 0 Å². The molecule has 7 nitrogen and oxygen atoms in total. The molecule has 1 saturated heterocycles. The lowest BCUT2D eigenvalue weighted by Crippen LogP contribution is -2.41. The average molecular weight is 302 g/mol. The number of nitrogens with one attached hydrogen (secondary N) is 2. The summed E-state index contributed by atoms with van der Waals surface area (Å²) >= 11 is 0. The first-order chi connectivity index (χ1) is 10.6. The predicted molar refractivity (Wildman–Crippen MR) is 83.5 cm³/mol. The highest BCUT2D eigenvalue weighted by Gasteiger charge is 2.28. The monoisotopic (exact) mass is 302 g/mol. The van der Waals surface area contributed by atoms with Gasteiger partial charge in [0.2, 0.25) is 0 Å². The maximum atomic E-state index is 12.6. The quantitative estimate of drug-likeness (QED) is 0.915. The van der Waals surface area contributed by atoms with Gasteiger partial charge in [-0.25, -0.2) is 4.79 Å². The van der Waals surface area contributed by atoms with Crippen molar-refractivity contribution in [2.75, 3.05) is 11.9 Å². The molecule has 7 heteroatoms. The molecule has 2 aromatic heterocycles. The molecule has 1 aliphatic rings. The Labute approximate surface area is 129 Å². The third-order valence-corrected chi connectivity index (χ3v) is 4.05. The Bertz CT molecular complexity index is 618. The Kier molecular flexibility index (Phi) is 4.13. The summed E-state index contributed by atoms with van der Waals surface area (Å²) in [7, 11) is 0. The van der Waals surface area contributed by atoms with E-state index in [0.717, 1.165) is 37.1 Å². The highest BCUT2D eigenvalue weighted by molar-refractivity contribution is 5.89. The van der Waals surface area contributed by atoms with E-state index in [1.165, 1.54) is 0 Å². The van der Waals surface area contributed by atoms with Gasteiger partial charge in [-0.05, 0) is 33.1 Å². The number of piperidine rings is 1. The van der Waals surface area contributed by atoms with Crippen LogP contribution in [0.15, 0.2) is 24.8 Å². The first-order valence-electron chi connectivity index (χ1n) is 7.75. The van der Waals surface area contributed by atoms with E-state index in [4.69, 9.17) is 0 Å². The van der Waals surface area contributed by atoms with Crippen LogP contribution < -0.4 is 5.32 Å². The molecule has 22 heavy (non-hydrogen) atoms. The van der Waals surface area contributed by atoms with Crippen LogP contribution in [0.3, 0.4) is 0 Å². The van der Waals surface area contributed by atoms with Crippen LogP contribution in [0.4, 0.5) is 10.5 Å². The number of rotatable bonds is 3. The smallest absolute Gasteiger partial charge is 0.317 e. The highest BCUT2D eigenvalue weighted by Crippen LogP contribution is 2.30. The van der Waals surface area contributed by atoms with Gasteiger partial charge in [-0.15, -0.1) is 0 Å². The second-order valence-corrected chi connectivity index (χ2v) is 5.97. The summed E-state index contributed by atoms with van der Waals surface area (Å²) in [6.45, 7) is 4.87. The van der Waals surface area contributed by atoms with E-state index in [1.54, 1.807) is 12.4 Å². The third kappa shape index (κ3) is 2.98. The summed E-state index contributed by atoms with van der Waals surface area (Å²) in [4.78, 5) is 14.5. The Balaban J connectivity index is 1.71. The number of hydrogen-bond donors (Lipinski definition) is 2. The Morgan fingerprint density at radius 2 is 2.27 bits per heavy atom. The summed E-state index contributed by atoms with van der Waals surface area (Å²) in [6.07, 6.45) is 10.4. The Morgan fingerprint density at radius 3 is 2.95 bits per heavy atom. The number of nitrogens with zero attached hydrogens (tertiary/aromatic N) is 4. The number of hydrogen-bond acceptors (Lipinski definition) is 3. The molecule has 2 amide bonds. The lowest BCUT2D eigenvalue weighted by molar-refractivity contribution is 0.163. The number of likely N-dealkylation sites (tertiary alicyclic amines) is 1. The molecule has 0 bridgehead atoms. The van der Waals surface area contributed by atoms with Gasteiger partial charge in [0.05, 0.1) is 24.1 Å². The zero-order valence-electron chi connectivity index (χ0n) is 13.0. The molecular weight excluding hydrogens is 280 g/mol. The molecule has 1 fully saturated rings. The topological polar surface area (TPSA) is 78.8 Å². The molecule has 0 spiro atoms. The standard InChI is InChI=1S/C15H22N6O/c1-11(2)21-10-13(9-18-21)19-15(22)20-6-4-3-5-14(20)12-7-16-17-8-12/h7-11,14H,3-6H2,1-2H3,(H,16,17)(H,19,22)/t14-/m0/s1. The number of aromatic nitrogens is 4. The molecule has 3 rings (SSSR count). The number of carbonyl (C=O) groups is 1. The van der Waals surface area contributed by atoms with Crippen molar-refractivity contribution in [1.29, 1.82) is 0 Å². The lowest BCUT2D eigenvalue weighted by atomic mass is 9.98. The van der Waals surface area contributed by atoms with Gasteiger partial charge in [0, 0.05) is 30.5 Å². The average Bonchev–Trinajstić information content (AvgIpc) is 3.18. The van der Waals surface area contributed by atoms with Crippen molar-refractivity contribution in [3.8, 4) is 0 Å². The summed E-state index contributed by atoms with van der Waals surface area (Å²) < 4.78 is 1.83. The molecule has 2 N–H and O–H groups in total. The maximum absolute atomic E-state index is 12.6. The van der Waals surface area contributed by atoms with Gasteiger partial charge in [-0.3, -0.25) is 9.78 Å². The van der Waals surface area contributed by atoms with Gasteiger partial charge < -0.3 is 10.2 Å². The Morgan fingerprint density at radius 1 is 1.41 bits per heavy atom. The van der Waals surface area contributed by atoms with Crippen molar-refractivity contribution < 1.29 is 4.79 Å². The van der Waals surface area contributed by atoms with Gasteiger partial charge in [-0.1, -0.05) is 0 Å². The van der Waals surface area contributed by atoms with Gasteiger partial charge >= 0.3 is 6.03 Å². The number of H-pyrrole nitrogens is 1. The normalized spacial score (nSPS) is 18.7. The predicted octanol–water partition coefficient (Wildman–Crippen LogP) is 2.95. The molecule has 3 heterocycles. The number of carbonyl (C=O) groups excluding carboxylic acids is 1. The third-order valence-electron chi connectivity index (χ3n) is 4.05. The summed E-state index contributed by atoms with van der Waals surface area (Å²) in [5.74, 6) is 0. The maximum Gasteiger partial charge on any atom is 0.322 e. The van der Waals surface area contributed by atoms with E-state index in [1.807, 2.05) is 22.0 Å². The molecule has 2 aromatic rings. The molecule has 118 valence electrons. The van der Waals surface area contributed by atoms with Crippen molar-refractivity contribution in [2.45, 2.75) is 45.2 Å². The minimum absolute atomic E-state index is 0.0748. The zero-order valence-corrected chi connectivity index (χ0v) is 13.0. The van der Waals surface area contributed by atoms with E-state index in [9.17, 15) is 4.79 Å². The fourth-order valence-electron chi connectivity index (χ4n) is 2.84. The van der Waals surface area contributed by atoms with Crippen LogP contribution in [-0.4, -0.2) is 37.5 Å².